The van der Waals surface area contributed by atoms with Crippen LogP contribution in [0.25, 0.3) is 0 Å². The summed E-state index contributed by atoms with van der Waals surface area (Å²) in [5.41, 5.74) is 2.74. The van der Waals surface area contributed by atoms with Gasteiger partial charge in [0, 0.05) is 13.1 Å². The zero-order chi connectivity index (χ0) is 9.80. The number of aryl methyl sites for hydroxylation is 1. The largest absolute Gasteiger partial charge is 0.373 e. The van der Waals surface area contributed by atoms with Crippen LogP contribution in [0, 0.1) is 6.92 Å². The predicted octanol–water partition coefficient (Wildman–Crippen LogP) is 3.10. The second kappa shape index (κ2) is 4.32. The lowest BCUT2D eigenvalue weighted by atomic mass is 10.1. The zero-order valence-corrected chi connectivity index (χ0v) is 8.74. The SMILES string of the molecule is Cc1ccc(CN2C=CCCC2)cc1. The Morgan fingerprint density at radius 1 is 1.21 bits per heavy atom. The molecule has 0 bridgehead atoms. The highest BCUT2D eigenvalue weighted by Gasteiger charge is 2.03. The molecular weight excluding hydrogens is 170 g/mol. The Balaban J connectivity index is 1.99. The van der Waals surface area contributed by atoms with Crippen LogP contribution < -0.4 is 0 Å². The van der Waals surface area contributed by atoms with Crippen molar-refractivity contribution >= 4 is 0 Å². The number of allylic oxidation sites excluding steroid dienone is 1. The molecule has 0 saturated carbocycles. The maximum atomic E-state index is 2.38. The summed E-state index contributed by atoms with van der Waals surface area (Å²) in [7, 11) is 0. The molecule has 1 heterocycles. The maximum Gasteiger partial charge on any atom is 0.0423 e. The quantitative estimate of drug-likeness (QED) is 0.687. The van der Waals surface area contributed by atoms with Gasteiger partial charge in [-0.15, -0.1) is 0 Å². The Hall–Kier alpha value is -1.24. The smallest absolute Gasteiger partial charge is 0.0423 e. The molecule has 0 saturated heterocycles. The number of hydrogen-bond acceptors (Lipinski definition) is 1. The van der Waals surface area contributed by atoms with Crippen LogP contribution in [-0.2, 0) is 6.54 Å². The molecule has 0 unspecified atom stereocenters. The van der Waals surface area contributed by atoms with Gasteiger partial charge >= 0.3 is 0 Å². The minimum absolute atomic E-state index is 1.05. The second-order valence-electron chi connectivity index (χ2n) is 3.98. The summed E-state index contributed by atoms with van der Waals surface area (Å²) in [5.74, 6) is 0. The van der Waals surface area contributed by atoms with E-state index < -0.39 is 0 Å². The molecule has 1 aromatic rings. The molecule has 14 heavy (non-hydrogen) atoms. The molecule has 1 aliphatic heterocycles. The molecule has 74 valence electrons. The first-order chi connectivity index (χ1) is 6.84. The predicted molar refractivity (Wildman–Crippen MR) is 60.0 cm³/mol. The Bertz CT molecular complexity index is 311. The number of nitrogens with zero attached hydrogens (tertiary/aromatic N) is 1. The summed E-state index contributed by atoms with van der Waals surface area (Å²) >= 11 is 0. The summed E-state index contributed by atoms with van der Waals surface area (Å²) in [6, 6.07) is 8.81. The summed E-state index contributed by atoms with van der Waals surface area (Å²) in [6.45, 7) is 4.38. The minimum Gasteiger partial charge on any atom is -0.373 e. The first kappa shape index (κ1) is 9.32. The van der Waals surface area contributed by atoms with E-state index in [1.165, 1.54) is 30.5 Å². The minimum atomic E-state index is 1.05. The Kier molecular flexibility index (Phi) is 2.87. The van der Waals surface area contributed by atoms with Gasteiger partial charge in [-0.3, -0.25) is 0 Å². The molecule has 0 N–H and O–H groups in total. The normalized spacial score (nSPS) is 15.9. The van der Waals surface area contributed by atoms with Gasteiger partial charge in [-0.05, 0) is 31.5 Å². The van der Waals surface area contributed by atoms with Gasteiger partial charge in [0.15, 0.2) is 0 Å². The fraction of sp³-hybridized carbons (Fsp3) is 0.385. The topological polar surface area (TPSA) is 3.24 Å². The molecule has 0 spiro atoms. The van der Waals surface area contributed by atoms with E-state index in [0.29, 0.717) is 0 Å². The van der Waals surface area contributed by atoms with E-state index in [0.717, 1.165) is 6.54 Å². The van der Waals surface area contributed by atoms with Crippen molar-refractivity contribution in [2.24, 2.45) is 0 Å². The summed E-state index contributed by atoms with van der Waals surface area (Å²) < 4.78 is 0. The highest BCUT2D eigenvalue weighted by atomic mass is 15.1. The highest BCUT2D eigenvalue weighted by molar-refractivity contribution is 5.21. The lowest BCUT2D eigenvalue weighted by Crippen LogP contribution is -2.20. The number of hydrogen-bond donors (Lipinski definition) is 0. The molecule has 1 heteroatoms. The molecule has 0 fully saturated rings. The van der Waals surface area contributed by atoms with Gasteiger partial charge in [0.2, 0.25) is 0 Å². The van der Waals surface area contributed by atoms with Crippen LogP contribution in [0.3, 0.4) is 0 Å². The van der Waals surface area contributed by atoms with Crippen molar-refractivity contribution in [1.82, 2.24) is 4.90 Å². The van der Waals surface area contributed by atoms with Crippen LogP contribution in [0.2, 0.25) is 0 Å². The first-order valence-electron chi connectivity index (χ1n) is 5.31. The van der Waals surface area contributed by atoms with Crippen LogP contribution in [0.1, 0.15) is 24.0 Å². The van der Waals surface area contributed by atoms with Gasteiger partial charge in [-0.25, -0.2) is 0 Å². The third kappa shape index (κ3) is 2.38. The molecule has 1 aromatic carbocycles. The fourth-order valence-electron chi connectivity index (χ4n) is 1.77. The van der Waals surface area contributed by atoms with Gasteiger partial charge in [0.25, 0.3) is 0 Å². The molecule has 0 amide bonds. The average molecular weight is 187 g/mol. The molecule has 1 nitrogen and oxygen atoms in total. The van der Waals surface area contributed by atoms with Crippen LogP contribution in [0.4, 0.5) is 0 Å². The highest BCUT2D eigenvalue weighted by Crippen LogP contribution is 2.11. The van der Waals surface area contributed by atoms with Crippen LogP contribution in [0.5, 0.6) is 0 Å². The standard InChI is InChI=1S/C13H17N/c1-12-5-7-13(8-6-12)11-14-9-3-2-4-10-14/h3,5-9H,2,4,10-11H2,1H3. The molecule has 0 aromatic heterocycles. The maximum absolute atomic E-state index is 2.38. The molecule has 1 aliphatic rings. The van der Waals surface area contributed by atoms with E-state index in [2.05, 4.69) is 48.4 Å². The van der Waals surface area contributed by atoms with Crippen LogP contribution in [-0.4, -0.2) is 11.4 Å². The van der Waals surface area contributed by atoms with E-state index >= 15 is 0 Å². The van der Waals surface area contributed by atoms with Gasteiger partial charge in [0.05, 0.1) is 0 Å². The van der Waals surface area contributed by atoms with Crippen molar-refractivity contribution in [1.29, 1.82) is 0 Å². The molecule has 2 rings (SSSR count). The summed E-state index contributed by atoms with van der Waals surface area (Å²) in [4.78, 5) is 2.38. The third-order valence-corrected chi connectivity index (χ3v) is 2.64. The summed E-state index contributed by atoms with van der Waals surface area (Å²) in [6.07, 6.45) is 7.02. The van der Waals surface area contributed by atoms with Crippen LogP contribution in [0.15, 0.2) is 36.5 Å². The van der Waals surface area contributed by atoms with Crippen molar-refractivity contribution in [2.45, 2.75) is 26.3 Å². The first-order valence-corrected chi connectivity index (χ1v) is 5.31. The van der Waals surface area contributed by atoms with Crippen molar-refractivity contribution < 1.29 is 0 Å². The molecular formula is C13H17N. The van der Waals surface area contributed by atoms with Gasteiger partial charge in [0.1, 0.15) is 0 Å². The van der Waals surface area contributed by atoms with E-state index in [9.17, 15) is 0 Å². The fourth-order valence-corrected chi connectivity index (χ4v) is 1.77. The van der Waals surface area contributed by atoms with E-state index in [-0.39, 0.29) is 0 Å². The van der Waals surface area contributed by atoms with Crippen molar-refractivity contribution in [3.8, 4) is 0 Å². The lowest BCUT2D eigenvalue weighted by Gasteiger charge is -2.23. The zero-order valence-electron chi connectivity index (χ0n) is 8.74. The molecule has 0 radical (unpaired) electrons. The van der Waals surface area contributed by atoms with E-state index in [1.54, 1.807) is 0 Å². The molecule has 0 atom stereocenters. The molecule has 0 aliphatic carbocycles. The number of benzene rings is 1. The van der Waals surface area contributed by atoms with Gasteiger partial charge in [-0.2, -0.15) is 0 Å². The van der Waals surface area contributed by atoms with Crippen molar-refractivity contribution in [2.75, 3.05) is 6.54 Å². The Morgan fingerprint density at radius 2 is 2.00 bits per heavy atom. The summed E-state index contributed by atoms with van der Waals surface area (Å²) in [5, 5.41) is 0. The van der Waals surface area contributed by atoms with Gasteiger partial charge in [-0.1, -0.05) is 35.9 Å². The van der Waals surface area contributed by atoms with Crippen molar-refractivity contribution in [3.63, 3.8) is 0 Å². The average Bonchev–Trinajstić information content (AvgIpc) is 2.23. The monoisotopic (exact) mass is 187 g/mol. The number of rotatable bonds is 2. The van der Waals surface area contributed by atoms with E-state index in [4.69, 9.17) is 0 Å². The second-order valence-corrected chi connectivity index (χ2v) is 3.98. The Labute approximate surface area is 86.1 Å². The Morgan fingerprint density at radius 3 is 2.64 bits per heavy atom. The van der Waals surface area contributed by atoms with Crippen LogP contribution >= 0.6 is 0 Å². The van der Waals surface area contributed by atoms with Crippen molar-refractivity contribution in [3.05, 3.63) is 47.7 Å². The third-order valence-electron chi connectivity index (χ3n) is 2.64. The lowest BCUT2D eigenvalue weighted by molar-refractivity contribution is 0.348. The van der Waals surface area contributed by atoms with Gasteiger partial charge < -0.3 is 4.90 Å². The van der Waals surface area contributed by atoms with E-state index in [1.807, 2.05) is 0 Å².